The second-order valence-corrected chi connectivity index (χ2v) is 9.51. The topological polar surface area (TPSA) is 72.8 Å². The van der Waals surface area contributed by atoms with Crippen LogP contribution in [0.5, 0.6) is 0 Å². The van der Waals surface area contributed by atoms with Crippen LogP contribution >= 0.6 is 11.6 Å². The third-order valence-electron chi connectivity index (χ3n) is 6.43. The Labute approximate surface area is 203 Å². The minimum Gasteiger partial charge on any atom is -0.469 e. The zero-order valence-electron chi connectivity index (χ0n) is 20.2. The molecule has 1 aliphatic carbocycles. The molecule has 6 heteroatoms. The van der Waals surface area contributed by atoms with Gasteiger partial charge in [-0.05, 0) is 55.6 Å². The van der Waals surface area contributed by atoms with E-state index in [2.05, 4.69) is 23.8 Å². The van der Waals surface area contributed by atoms with Crippen molar-refractivity contribution in [2.75, 3.05) is 7.11 Å². The molecule has 2 rings (SSSR count). The van der Waals surface area contributed by atoms with Gasteiger partial charge in [0.25, 0.3) is 0 Å². The van der Waals surface area contributed by atoms with Crippen molar-refractivity contribution >= 4 is 23.5 Å². The van der Waals surface area contributed by atoms with Crippen LogP contribution in [0.1, 0.15) is 94.8 Å². The number of alkyl halides is 1. The maximum atomic E-state index is 11.6. The number of benzene rings is 1. The van der Waals surface area contributed by atoms with Gasteiger partial charge < -0.3 is 14.6 Å². The standard InChI is InChI=1S/C27H39ClO5/c1-4-5-8-12-25(33-19(2)29)20-14-16-21(17-15-20)27-22(23(28)18-24(27)30)11-9-6-7-10-13-26(31)32-3/h6,9,14-17,22-25,27,30H,4-5,7-8,10-13,18H2,1-3H3/t22?,23-,24-,25?,27-/m1/s1. The first-order valence-electron chi connectivity index (χ1n) is 12.2. The van der Waals surface area contributed by atoms with Gasteiger partial charge in [0.05, 0.1) is 13.2 Å². The molecular weight excluding hydrogens is 440 g/mol. The highest BCUT2D eigenvalue weighted by Gasteiger charge is 2.41. The number of esters is 2. The summed E-state index contributed by atoms with van der Waals surface area (Å²) in [6.45, 7) is 3.60. The van der Waals surface area contributed by atoms with E-state index >= 15 is 0 Å². The fourth-order valence-corrected chi connectivity index (χ4v) is 5.11. The fourth-order valence-electron chi connectivity index (χ4n) is 4.67. The molecule has 0 aliphatic heterocycles. The number of hydrogen-bond acceptors (Lipinski definition) is 5. The van der Waals surface area contributed by atoms with Gasteiger partial charge in [0.1, 0.15) is 6.10 Å². The first-order valence-corrected chi connectivity index (χ1v) is 12.6. The van der Waals surface area contributed by atoms with E-state index in [1.54, 1.807) is 0 Å². The largest absolute Gasteiger partial charge is 0.469 e. The number of hydrogen-bond donors (Lipinski definition) is 1. The second kappa shape index (κ2) is 14.4. The van der Waals surface area contributed by atoms with Crippen LogP contribution in [0, 0.1) is 5.92 Å². The van der Waals surface area contributed by atoms with E-state index in [-0.39, 0.29) is 35.3 Å². The highest BCUT2D eigenvalue weighted by atomic mass is 35.5. The average molecular weight is 479 g/mol. The second-order valence-electron chi connectivity index (χ2n) is 8.94. The summed E-state index contributed by atoms with van der Waals surface area (Å²) in [5.41, 5.74) is 2.05. The van der Waals surface area contributed by atoms with Crippen molar-refractivity contribution in [2.24, 2.45) is 5.92 Å². The van der Waals surface area contributed by atoms with Crippen LogP contribution in [0.3, 0.4) is 0 Å². The third kappa shape index (κ3) is 8.78. The zero-order valence-corrected chi connectivity index (χ0v) is 20.9. The molecule has 0 radical (unpaired) electrons. The Kier molecular flexibility index (Phi) is 12.0. The molecule has 0 heterocycles. The molecule has 33 heavy (non-hydrogen) atoms. The molecule has 5 nitrogen and oxygen atoms in total. The monoisotopic (exact) mass is 478 g/mol. The van der Waals surface area contributed by atoms with Crippen molar-refractivity contribution < 1.29 is 24.2 Å². The molecule has 1 aromatic rings. The summed E-state index contributed by atoms with van der Waals surface area (Å²) in [5, 5.41) is 10.6. The number of halogens is 1. The Morgan fingerprint density at radius 2 is 1.91 bits per heavy atom. The van der Waals surface area contributed by atoms with E-state index in [1.807, 2.05) is 24.3 Å². The number of unbranched alkanes of at least 4 members (excludes halogenated alkanes) is 3. The lowest BCUT2D eigenvalue weighted by Crippen LogP contribution is -2.18. The van der Waals surface area contributed by atoms with E-state index in [4.69, 9.17) is 16.3 Å². The Balaban J connectivity index is 2.03. The molecule has 1 saturated carbocycles. The summed E-state index contributed by atoms with van der Waals surface area (Å²) in [5.74, 6) is -0.352. The number of carbonyl (C=O) groups excluding carboxylic acids is 2. The predicted molar refractivity (Wildman–Crippen MR) is 131 cm³/mol. The lowest BCUT2D eigenvalue weighted by atomic mass is 9.84. The molecular formula is C27H39ClO5. The van der Waals surface area contributed by atoms with Crippen molar-refractivity contribution in [3.63, 3.8) is 0 Å². The van der Waals surface area contributed by atoms with E-state index in [1.165, 1.54) is 14.0 Å². The minimum atomic E-state index is -0.482. The zero-order chi connectivity index (χ0) is 24.2. The molecule has 1 aliphatic rings. The number of methoxy groups -OCH3 is 1. The molecule has 1 fully saturated rings. The smallest absolute Gasteiger partial charge is 0.305 e. The van der Waals surface area contributed by atoms with Gasteiger partial charge in [0, 0.05) is 24.6 Å². The SMILES string of the molecule is CCCCCC(OC(C)=O)c1ccc([C@@H]2C(CC=CCCCC(=O)OC)[C@H](Cl)C[C@H]2O)cc1. The van der Waals surface area contributed by atoms with Crippen LogP contribution < -0.4 is 0 Å². The van der Waals surface area contributed by atoms with E-state index in [0.717, 1.165) is 56.1 Å². The molecule has 5 atom stereocenters. The van der Waals surface area contributed by atoms with Gasteiger partial charge >= 0.3 is 11.9 Å². The molecule has 184 valence electrons. The van der Waals surface area contributed by atoms with Gasteiger partial charge in [-0.2, -0.15) is 0 Å². The van der Waals surface area contributed by atoms with Crippen molar-refractivity contribution in [3.8, 4) is 0 Å². The maximum Gasteiger partial charge on any atom is 0.305 e. The lowest BCUT2D eigenvalue weighted by molar-refractivity contribution is -0.147. The highest BCUT2D eigenvalue weighted by Crippen LogP contribution is 2.45. The number of allylic oxidation sites excluding steroid dienone is 2. The Morgan fingerprint density at radius 3 is 2.55 bits per heavy atom. The number of carbonyl (C=O) groups is 2. The average Bonchev–Trinajstić information content (AvgIpc) is 3.07. The molecule has 0 spiro atoms. The highest BCUT2D eigenvalue weighted by molar-refractivity contribution is 6.21. The summed E-state index contributed by atoms with van der Waals surface area (Å²) in [4.78, 5) is 22.8. The summed E-state index contributed by atoms with van der Waals surface area (Å²) >= 11 is 6.62. The van der Waals surface area contributed by atoms with Gasteiger partial charge in [-0.3, -0.25) is 9.59 Å². The molecule has 0 amide bonds. The van der Waals surface area contributed by atoms with Gasteiger partial charge in [-0.15, -0.1) is 11.6 Å². The van der Waals surface area contributed by atoms with Gasteiger partial charge in [-0.25, -0.2) is 0 Å². The summed E-state index contributed by atoms with van der Waals surface area (Å²) in [6.07, 6.45) is 10.9. The Morgan fingerprint density at radius 1 is 1.18 bits per heavy atom. The Bertz CT molecular complexity index is 760. The van der Waals surface area contributed by atoms with E-state index < -0.39 is 6.10 Å². The van der Waals surface area contributed by atoms with Crippen molar-refractivity contribution in [2.45, 2.75) is 95.1 Å². The quantitative estimate of drug-likeness (QED) is 0.157. The van der Waals surface area contributed by atoms with Crippen LogP contribution in [0.15, 0.2) is 36.4 Å². The number of ether oxygens (including phenoxy) is 2. The lowest BCUT2D eigenvalue weighted by Gasteiger charge is -2.24. The van der Waals surface area contributed by atoms with Crippen LogP contribution in [0.4, 0.5) is 0 Å². The molecule has 1 N–H and O–H groups in total. The molecule has 0 saturated heterocycles. The van der Waals surface area contributed by atoms with Crippen molar-refractivity contribution in [3.05, 3.63) is 47.5 Å². The normalized spacial score (nSPS) is 23.5. The van der Waals surface area contributed by atoms with E-state index in [0.29, 0.717) is 12.8 Å². The summed E-state index contributed by atoms with van der Waals surface area (Å²) < 4.78 is 10.2. The number of rotatable bonds is 13. The minimum absolute atomic E-state index is 0.0338. The number of aliphatic hydroxyl groups is 1. The van der Waals surface area contributed by atoms with E-state index in [9.17, 15) is 14.7 Å². The van der Waals surface area contributed by atoms with Crippen molar-refractivity contribution in [1.82, 2.24) is 0 Å². The fraction of sp³-hybridized carbons (Fsp3) is 0.630. The van der Waals surface area contributed by atoms with Crippen LogP contribution in [-0.4, -0.2) is 35.6 Å². The maximum absolute atomic E-state index is 11.6. The number of aliphatic hydroxyl groups excluding tert-OH is 1. The molecule has 0 bridgehead atoms. The summed E-state index contributed by atoms with van der Waals surface area (Å²) in [7, 11) is 1.40. The Hall–Kier alpha value is -1.85. The van der Waals surface area contributed by atoms with Crippen LogP contribution in [0.2, 0.25) is 0 Å². The van der Waals surface area contributed by atoms with Gasteiger partial charge in [0.2, 0.25) is 0 Å². The molecule has 2 unspecified atom stereocenters. The molecule has 0 aromatic heterocycles. The first kappa shape index (κ1) is 27.4. The van der Waals surface area contributed by atoms with Gasteiger partial charge in [-0.1, -0.05) is 56.2 Å². The first-order chi connectivity index (χ1) is 15.9. The van der Waals surface area contributed by atoms with Gasteiger partial charge in [0.15, 0.2) is 0 Å². The van der Waals surface area contributed by atoms with Crippen LogP contribution in [-0.2, 0) is 19.1 Å². The third-order valence-corrected chi connectivity index (χ3v) is 6.93. The predicted octanol–water partition coefficient (Wildman–Crippen LogP) is 6.23. The van der Waals surface area contributed by atoms with Crippen molar-refractivity contribution in [1.29, 1.82) is 0 Å². The summed E-state index contributed by atoms with van der Waals surface area (Å²) in [6, 6.07) is 8.12. The van der Waals surface area contributed by atoms with Crippen LogP contribution in [0.25, 0.3) is 0 Å². The molecule has 1 aromatic carbocycles.